The molecule has 0 saturated heterocycles. The zero-order valence-corrected chi connectivity index (χ0v) is 11.2. The first-order valence-electron chi connectivity index (χ1n) is 6.57. The molecule has 0 amide bonds. The molecule has 1 aromatic carbocycles. The van der Waals surface area contributed by atoms with Gasteiger partial charge in [0.15, 0.2) is 0 Å². The van der Waals surface area contributed by atoms with Crippen molar-refractivity contribution in [3.8, 4) is 5.75 Å². The summed E-state index contributed by atoms with van der Waals surface area (Å²) in [5.74, 6) is 0.866. The average Bonchev–Trinajstić information content (AvgIpc) is 2.92. The molecule has 0 aromatic heterocycles. The SMILES string of the molecule is COc1ccc(C=O)cc1CN(C)C1CCCC1. The van der Waals surface area contributed by atoms with Gasteiger partial charge in [-0.05, 0) is 38.1 Å². The molecule has 1 saturated carbocycles. The minimum absolute atomic E-state index is 0.676. The van der Waals surface area contributed by atoms with Crippen LogP contribution >= 0.6 is 0 Å². The first kappa shape index (κ1) is 13.1. The second kappa shape index (κ2) is 6.01. The smallest absolute Gasteiger partial charge is 0.150 e. The lowest BCUT2D eigenvalue weighted by Gasteiger charge is -2.25. The maximum atomic E-state index is 10.8. The van der Waals surface area contributed by atoms with E-state index in [2.05, 4.69) is 11.9 Å². The molecule has 0 radical (unpaired) electrons. The van der Waals surface area contributed by atoms with Crippen LogP contribution in [0.4, 0.5) is 0 Å². The minimum atomic E-state index is 0.676. The molecule has 0 aliphatic heterocycles. The van der Waals surface area contributed by atoms with Crippen molar-refractivity contribution in [3.05, 3.63) is 29.3 Å². The van der Waals surface area contributed by atoms with E-state index in [1.807, 2.05) is 12.1 Å². The molecular weight excluding hydrogens is 226 g/mol. The van der Waals surface area contributed by atoms with Crippen LogP contribution in [0, 0.1) is 0 Å². The number of rotatable bonds is 5. The molecule has 0 atom stereocenters. The average molecular weight is 247 g/mol. The third-order valence-electron chi connectivity index (χ3n) is 3.81. The molecule has 18 heavy (non-hydrogen) atoms. The Kier molecular flexibility index (Phi) is 4.37. The van der Waals surface area contributed by atoms with Crippen LogP contribution < -0.4 is 4.74 Å². The van der Waals surface area contributed by atoms with Crippen LogP contribution in [0.25, 0.3) is 0 Å². The Morgan fingerprint density at radius 3 is 2.72 bits per heavy atom. The fourth-order valence-corrected chi connectivity index (χ4v) is 2.74. The molecule has 3 heteroatoms. The highest BCUT2D eigenvalue weighted by molar-refractivity contribution is 5.75. The lowest BCUT2D eigenvalue weighted by Crippen LogP contribution is -2.28. The van der Waals surface area contributed by atoms with Gasteiger partial charge < -0.3 is 4.74 Å². The van der Waals surface area contributed by atoms with Gasteiger partial charge in [0.25, 0.3) is 0 Å². The molecule has 0 unspecified atom stereocenters. The van der Waals surface area contributed by atoms with Crippen molar-refractivity contribution in [2.24, 2.45) is 0 Å². The van der Waals surface area contributed by atoms with Crippen LogP contribution in [0.5, 0.6) is 5.75 Å². The maximum Gasteiger partial charge on any atom is 0.150 e. The van der Waals surface area contributed by atoms with Gasteiger partial charge in [-0.2, -0.15) is 0 Å². The summed E-state index contributed by atoms with van der Waals surface area (Å²) in [6.45, 7) is 0.843. The molecule has 0 bridgehead atoms. The normalized spacial score (nSPS) is 16.2. The standard InChI is InChI=1S/C15H21NO2/c1-16(14-5-3-4-6-14)10-13-9-12(11-17)7-8-15(13)18-2/h7-9,11,14H,3-6,10H2,1-2H3. The number of hydrogen-bond donors (Lipinski definition) is 0. The van der Waals surface area contributed by atoms with E-state index in [-0.39, 0.29) is 0 Å². The lowest BCUT2D eigenvalue weighted by atomic mass is 10.1. The van der Waals surface area contributed by atoms with E-state index in [9.17, 15) is 4.79 Å². The second-order valence-electron chi connectivity index (χ2n) is 5.04. The Balaban J connectivity index is 2.12. The highest BCUT2D eigenvalue weighted by Crippen LogP contribution is 2.26. The van der Waals surface area contributed by atoms with Crippen LogP contribution in [-0.2, 0) is 6.54 Å². The molecular formula is C15H21NO2. The van der Waals surface area contributed by atoms with Crippen molar-refractivity contribution in [2.75, 3.05) is 14.2 Å². The number of aldehydes is 1. The summed E-state index contributed by atoms with van der Waals surface area (Å²) in [6.07, 6.45) is 6.12. The highest BCUT2D eigenvalue weighted by atomic mass is 16.5. The van der Waals surface area contributed by atoms with Crippen molar-refractivity contribution in [1.82, 2.24) is 4.90 Å². The zero-order valence-electron chi connectivity index (χ0n) is 11.2. The van der Waals surface area contributed by atoms with Crippen LogP contribution in [0.3, 0.4) is 0 Å². The van der Waals surface area contributed by atoms with Crippen molar-refractivity contribution in [3.63, 3.8) is 0 Å². The molecule has 0 N–H and O–H groups in total. The summed E-state index contributed by atoms with van der Waals surface area (Å²) in [5, 5.41) is 0. The molecule has 0 heterocycles. The Bertz CT molecular complexity index is 411. The number of nitrogens with zero attached hydrogens (tertiary/aromatic N) is 1. The minimum Gasteiger partial charge on any atom is -0.496 e. The molecule has 0 spiro atoms. The molecule has 1 fully saturated rings. The van der Waals surface area contributed by atoms with Gasteiger partial charge in [0.05, 0.1) is 7.11 Å². The van der Waals surface area contributed by atoms with Crippen LogP contribution in [-0.4, -0.2) is 31.4 Å². The molecule has 3 nitrogen and oxygen atoms in total. The molecule has 1 aromatic rings. The highest BCUT2D eigenvalue weighted by Gasteiger charge is 2.20. The number of carbonyl (C=O) groups is 1. The Morgan fingerprint density at radius 2 is 2.11 bits per heavy atom. The summed E-state index contributed by atoms with van der Waals surface area (Å²) in [4.78, 5) is 13.2. The number of carbonyl (C=O) groups excluding carboxylic acids is 1. The summed E-state index contributed by atoms with van der Waals surface area (Å²) in [5.41, 5.74) is 1.81. The van der Waals surface area contributed by atoms with Gasteiger partial charge in [-0.3, -0.25) is 9.69 Å². The summed E-state index contributed by atoms with van der Waals surface area (Å²) in [7, 11) is 3.83. The van der Waals surface area contributed by atoms with Crippen LogP contribution in [0.2, 0.25) is 0 Å². The van der Waals surface area contributed by atoms with E-state index in [1.54, 1.807) is 13.2 Å². The first-order chi connectivity index (χ1) is 8.74. The fraction of sp³-hybridized carbons (Fsp3) is 0.533. The van der Waals surface area contributed by atoms with Crippen molar-refractivity contribution in [2.45, 2.75) is 38.3 Å². The van der Waals surface area contributed by atoms with E-state index in [0.29, 0.717) is 11.6 Å². The van der Waals surface area contributed by atoms with Gasteiger partial charge >= 0.3 is 0 Å². The largest absolute Gasteiger partial charge is 0.496 e. The monoisotopic (exact) mass is 247 g/mol. The predicted octanol–water partition coefficient (Wildman–Crippen LogP) is 2.88. The molecule has 1 aliphatic carbocycles. The number of benzene rings is 1. The molecule has 98 valence electrons. The first-order valence-corrected chi connectivity index (χ1v) is 6.57. The lowest BCUT2D eigenvalue weighted by molar-refractivity contribution is 0.112. The van der Waals surface area contributed by atoms with Gasteiger partial charge in [-0.15, -0.1) is 0 Å². The number of ether oxygens (including phenoxy) is 1. The predicted molar refractivity (Wildman–Crippen MR) is 72.1 cm³/mol. The van der Waals surface area contributed by atoms with Gasteiger partial charge in [-0.25, -0.2) is 0 Å². The Morgan fingerprint density at radius 1 is 1.39 bits per heavy atom. The van der Waals surface area contributed by atoms with Crippen LogP contribution in [0.15, 0.2) is 18.2 Å². The maximum absolute atomic E-state index is 10.8. The number of hydrogen-bond acceptors (Lipinski definition) is 3. The summed E-state index contributed by atoms with van der Waals surface area (Å²) in [6, 6.07) is 6.28. The van der Waals surface area contributed by atoms with E-state index in [1.165, 1.54) is 25.7 Å². The van der Waals surface area contributed by atoms with E-state index in [0.717, 1.165) is 24.1 Å². The Hall–Kier alpha value is -1.35. The van der Waals surface area contributed by atoms with E-state index in [4.69, 9.17) is 4.74 Å². The van der Waals surface area contributed by atoms with Gasteiger partial charge in [0, 0.05) is 23.7 Å². The van der Waals surface area contributed by atoms with Gasteiger partial charge in [0.1, 0.15) is 12.0 Å². The third kappa shape index (κ3) is 2.91. The third-order valence-corrected chi connectivity index (χ3v) is 3.81. The second-order valence-corrected chi connectivity index (χ2v) is 5.04. The van der Waals surface area contributed by atoms with Gasteiger partial charge in [-0.1, -0.05) is 12.8 Å². The van der Waals surface area contributed by atoms with Gasteiger partial charge in [0.2, 0.25) is 0 Å². The quantitative estimate of drug-likeness (QED) is 0.749. The number of methoxy groups -OCH3 is 1. The van der Waals surface area contributed by atoms with Crippen LogP contribution in [0.1, 0.15) is 41.6 Å². The Labute approximate surface area is 109 Å². The molecule has 2 rings (SSSR count). The van der Waals surface area contributed by atoms with Crippen molar-refractivity contribution < 1.29 is 9.53 Å². The van der Waals surface area contributed by atoms with E-state index >= 15 is 0 Å². The summed E-state index contributed by atoms with van der Waals surface area (Å²) < 4.78 is 5.37. The topological polar surface area (TPSA) is 29.5 Å². The zero-order chi connectivity index (χ0) is 13.0. The summed E-state index contributed by atoms with van der Waals surface area (Å²) >= 11 is 0. The van der Waals surface area contributed by atoms with E-state index < -0.39 is 0 Å². The van der Waals surface area contributed by atoms with Crippen molar-refractivity contribution >= 4 is 6.29 Å². The molecule has 1 aliphatic rings. The van der Waals surface area contributed by atoms with Crippen molar-refractivity contribution in [1.29, 1.82) is 0 Å². The fourth-order valence-electron chi connectivity index (χ4n) is 2.74.